The van der Waals surface area contributed by atoms with Crippen LogP contribution in [-0.4, -0.2) is 59.6 Å². The van der Waals surface area contributed by atoms with E-state index in [1.807, 2.05) is 0 Å². The van der Waals surface area contributed by atoms with Crippen molar-refractivity contribution in [1.29, 1.82) is 0 Å². The Morgan fingerprint density at radius 2 is 0.667 bits per heavy atom. The Morgan fingerprint density at radius 1 is 0.500 bits per heavy atom. The van der Waals surface area contributed by atoms with Gasteiger partial charge in [-0.2, -0.15) is 0 Å². The van der Waals surface area contributed by atoms with Gasteiger partial charge in [0.05, 0.1) is 40.0 Å². The van der Waals surface area contributed by atoms with Crippen molar-refractivity contribution in [1.82, 2.24) is 19.6 Å². The van der Waals surface area contributed by atoms with Gasteiger partial charge in [0.2, 0.25) is 0 Å². The van der Waals surface area contributed by atoms with Gasteiger partial charge >= 0.3 is 0 Å². The zero-order valence-corrected chi connectivity index (χ0v) is 9.35. The molecule has 0 aromatic rings. The molecule has 0 saturated carbocycles. The van der Waals surface area contributed by atoms with Crippen molar-refractivity contribution in [2.45, 2.75) is 0 Å². The van der Waals surface area contributed by atoms with Crippen LogP contribution in [-0.2, 0) is 19.5 Å². The SMILES string of the molecule is C1N2CN3CN1CN(C2)C3.Cl.[Ru]. The van der Waals surface area contributed by atoms with Gasteiger partial charge in [0.15, 0.2) is 0 Å². The zero-order chi connectivity index (χ0) is 6.55. The van der Waals surface area contributed by atoms with Crippen LogP contribution in [0.1, 0.15) is 0 Å². The summed E-state index contributed by atoms with van der Waals surface area (Å²) in [5.74, 6) is 0. The van der Waals surface area contributed by atoms with Crippen LogP contribution in [0, 0.1) is 0 Å². The molecule has 4 aliphatic rings. The first-order valence-corrected chi connectivity index (χ1v) is 3.79. The summed E-state index contributed by atoms with van der Waals surface area (Å²) in [6.07, 6.45) is 0. The minimum absolute atomic E-state index is 0. The van der Waals surface area contributed by atoms with Gasteiger partial charge in [0, 0.05) is 19.5 Å². The second-order valence-corrected chi connectivity index (χ2v) is 3.53. The van der Waals surface area contributed by atoms with Gasteiger partial charge in [-0.1, -0.05) is 0 Å². The molecule has 4 bridgehead atoms. The van der Waals surface area contributed by atoms with Gasteiger partial charge in [-0.3, -0.25) is 19.6 Å². The molecule has 0 aliphatic carbocycles. The normalized spacial score (nSPS) is 48.0. The van der Waals surface area contributed by atoms with E-state index in [1.54, 1.807) is 0 Å². The van der Waals surface area contributed by atoms with E-state index in [9.17, 15) is 0 Å². The van der Waals surface area contributed by atoms with Crippen LogP contribution in [0.15, 0.2) is 0 Å². The number of rotatable bonds is 0. The third-order valence-corrected chi connectivity index (χ3v) is 2.40. The van der Waals surface area contributed by atoms with Crippen LogP contribution in [0.5, 0.6) is 0 Å². The predicted molar refractivity (Wildman–Crippen MR) is 43.8 cm³/mol. The summed E-state index contributed by atoms with van der Waals surface area (Å²) in [4.78, 5) is 9.88. The third kappa shape index (κ3) is 1.67. The van der Waals surface area contributed by atoms with E-state index < -0.39 is 0 Å². The van der Waals surface area contributed by atoms with Crippen molar-refractivity contribution in [2.75, 3.05) is 40.0 Å². The Kier molecular flexibility index (Phi) is 3.49. The summed E-state index contributed by atoms with van der Waals surface area (Å²) < 4.78 is 0. The number of hydrogen-bond donors (Lipinski definition) is 0. The smallest absolute Gasteiger partial charge is 0.0555 e. The molecule has 4 fully saturated rings. The molecule has 0 aromatic carbocycles. The quantitative estimate of drug-likeness (QED) is 0.548. The Bertz CT molecular complexity index is 111. The molecule has 12 heavy (non-hydrogen) atoms. The molecule has 4 saturated heterocycles. The van der Waals surface area contributed by atoms with Gasteiger partial charge in [-0.05, 0) is 0 Å². The van der Waals surface area contributed by atoms with Gasteiger partial charge in [0.25, 0.3) is 0 Å². The van der Waals surface area contributed by atoms with E-state index in [2.05, 4.69) is 19.6 Å². The molecule has 0 unspecified atom stereocenters. The molecular formula is C6H13ClN4Ru. The van der Waals surface area contributed by atoms with E-state index in [-0.39, 0.29) is 31.9 Å². The van der Waals surface area contributed by atoms with Crippen LogP contribution < -0.4 is 0 Å². The van der Waals surface area contributed by atoms with Crippen LogP contribution in [0.4, 0.5) is 0 Å². The fourth-order valence-electron chi connectivity index (χ4n) is 2.23. The summed E-state index contributed by atoms with van der Waals surface area (Å²) in [5, 5.41) is 0. The Balaban J connectivity index is 0.000000360. The van der Waals surface area contributed by atoms with Crippen molar-refractivity contribution in [3.05, 3.63) is 0 Å². The minimum Gasteiger partial charge on any atom is -0.264 e. The van der Waals surface area contributed by atoms with Crippen molar-refractivity contribution in [3.8, 4) is 0 Å². The van der Waals surface area contributed by atoms with E-state index in [0.717, 1.165) is 0 Å². The monoisotopic (exact) mass is 278 g/mol. The zero-order valence-electron chi connectivity index (χ0n) is 6.79. The maximum Gasteiger partial charge on any atom is 0.0555 e. The molecule has 4 heterocycles. The Labute approximate surface area is 91.6 Å². The fraction of sp³-hybridized carbons (Fsp3) is 1.00. The van der Waals surface area contributed by atoms with Gasteiger partial charge in [-0.15, -0.1) is 12.4 Å². The average molecular weight is 278 g/mol. The van der Waals surface area contributed by atoms with Crippen molar-refractivity contribution in [2.24, 2.45) is 0 Å². The summed E-state index contributed by atoms with van der Waals surface area (Å²) in [5.41, 5.74) is 0. The number of halogens is 1. The first kappa shape index (κ1) is 10.8. The molecule has 0 atom stereocenters. The first-order chi connectivity index (χ1) is 4.90. The second-order valence-electron chi connectivity index (χ2n) is 3.53. The minimum atomic E-state index is 0. The summed E-state index contributed by atoms with van der Waals surface area (Å²) >= 11 is 0. The van der Waals surface area contributed by atoms with Crippen molar-refractivity contribution < 1.29 is 19.5 Å². The largest absolute Gasteiger partial charge is 0.264 e. The topological polar surface area (TPSA) is 13.0 Å². The molecule has 0 radical (unpaired) electrons. The van der Waals surface area contributed by atoms with Crippen molar-refractivity contribution in [3.63, 3.8) is 0 Å². The van der Waals surface area contributed by atoms with Crippen LogP contribution in [0.25, 0.3) is 0 Å². The predicted octanol–water partition coefficient (Wildman–Crippen LogP) is -0.601. The molecule has 4 aliphatic heterocycles. The molecule has 0 amide bonds. The van der Waals surface area contributed by atoms with Crippen LogP contribution in [0.3, 0.4) is 0 Å². The molecule has 4 rings (SSSR count). The second kappa shape index (κ2) is 3.86. The van der Waals surface area contributed by atoms with Gasteiger partial charge in [0.1, 0.15) is 0 Å². The van der Waals surface area contributed by atoms with Gasteiger partial charge < -0.3 is 0 Å². The Hall–Kier alpha value is 0.753. The van der Waals surface area contributed by atoms with E-state index in [0.29, 0.717) is 0 Å². The van der Waals surface area contributed by atoms with E-state index in [1.165, 1.54) is 40.0 Å². The summed E-state index contributed by atoms with van der Waals surface area (Å²) in [6, 6.07) is 0. The maximum atomic E-state index is 2.47. The standard InChI is InChI=1S/C6H12N4.ClH.Ru/c1-7-2-9-4-8(1)5-10(3-7)6-9;;/h1-6H2;1H;. The molecule has 0 N–H and O–H groups in total. The molecular weight excluding hydrogens is 265 g/mol. The molecule has 0 aromatic heterocycles. The number of nitrogens with zero attached hydrogens (tertiary/aromatic N) is 4. The van der Waals surface area contributed by atoms with E-state index in [4.69, 9.17) is 0 Å². The molecule has 4 nitrogen and oxygen atoms in total. The van der Waals surface area contributed by atoms with E-state index >= 15 is 0 Å². The fourth-order valence-corrected chi connectivity index (χ4v) is 2.23. The first-order valence-electron chi connectivity index (χ1n) is 3.79. The summed E-state index contributed by atoms with van der Waals surface area (Å²) in [6.45, 7) is 7.12. The van der Waals surface area contributed by atoms with Crippen molar-refractivity contribution >= 4 is 12.4 Å². The Morgan fingerprint density at radius 3 is 0.833 bits per heavy atom. The molecule has 72 valence electrons. The number of hydrogen-bond acceptors (Lipinski definition) is 4. The van der Waals surface area contributed by atoms with Gasteiger partial charge in [-0.25, -0.2) is 0 Å². The van der Waals surface area contributed by atoms with Crippen LogP contribution >= 0.6 is 12.4 Å². The average Bonchev–Trinajstić information content (AvgIpc) is 1.82. The molecule has 0 spiro atoms. The maximum absolute atomic E-state index is 2.47. The third-order valence-electron chi connectivity index (χ3n) is 2.40. The summed E-state index contributed by atoms with van der Waals surface area (Å²) in [7, 11) is 0. The molecule has 6 heteroatoms. The van der Waals surface area contributed by atoms with Crippen LogP contribution in [0.2, 0.25) is 0 Å².